The highest BCUT2D eigenvalue weighted by atomic mass is 35.5. The molecule has 0 saturated heterocycles. The Balaban J connectivity index is 2.08. The second-order valence-corrected chi connectivity index (χ2v) is 8.88. The number of aryl methyl sites for hydroxylation is 1. The van der Waals surface area contributed by atoms with Gasteiger partial charge in [-0.15, -0.1) is 0 Å². The van der Waals surface area contributed by atoms with Gasteiger partial charge in [-0.1, -0.05) is 41.9 Å². The van der Waals surface area contributed by atoms with E-state index in [-0.39, 0.29) is 20.9 Å². The van der Waals surface area contributed by atoms with Crippen LogP contribution in [-0.2, 0) is 9.84 Å². The summed E-state index contributed by atoms with van der Waals surface area (Å²) in [4.78, 5) is 3.94. The summed E-state index contributed by atoms with van der Waals surface area (Å²) in [7, 11) is -4.03. The van der Waals surface area contributed by atoms with Crippen LogP contribution in [0.1, 0.15) is 5.56 Å². The number of hydrogen-bond acceptors (Lipinski definition) is 3. The molecular formula is C22H14ClF2NO2S. The van der Waals surface area contributed by atoms with Gasteiger partial charge < -0.3 is 0 Å². The van der Waals surface area contributed by atoms with Gasteiger partial charge in [0.15, 0.2) is 0 Å². The third-order valence-corrected chi connectivity index (χ3v) is 6.86. The zero-order valence-corrected chi connectivity index (χ0v) is 16.7. The summed E-state index contributed by atoms with van der Waals surface area (Å²) in [6.07, 6.45) is 1.13. The molecule has 4 aromatic rings. The summed E-state index contributed by atoms with van der Waals surface area (Å²) in [5.41, 5.74) is 1.46. The van der Waals surface area contributed by atoms with Gasteiger partial charge in [0.25, 0.3) is 0 Å². The minimum Gasteiger partial charge on any atom is -0.252 e. The first-order valence-electron chi connectivity index (χ1n) is 8.63. The van der Waals surface area contributed by atoms with Gasteiger partial charge in [0.1, 0.15) is 17.2 Å². The van der Waals surface area contributed by atoms with Crippen molar-refractivity contribution < 1.29 is 17.2 Å². The third-order valence-electron chi connectivity index (χ3n) is 4.69. The van der Waals surface area contributed by atoms with Crippen molar-refractivity contribution in [2.24, 2.45) is 0 Å². The zero-order valence-electron chi connectivity index (χ0n) is 15.2. The van der Waals surface area contributed by atoms with E-state index in [2.05, 4.69) is 4.98 Å². The van der Waals surface area contributed by atoms with Gasteiger partial charge in [0.05, 0.1) is 9.79 Å². The average Bonchev–Trinajstić information content (AvgIpc) is 2.70. The van der Waals surface area contributed by atoms with Gasteiger partial charge in [0, 0.05) is 22.2 Å². The van der Waals surface area contributed by atoms with Crippen LogP contribution in [0.25, 0.3) is 22.0 Å². The molecule has 0 atom stereocenters. The van der Waals surface area contributed by atoms with Crippen LogP contribution >= 0.6 is 11.6 Å². The Labute approximate surface area is 171 Å². The number of para-hydroxylation sites is 1. The number of rotatable bonds is 3. The molecule has 0 amide bonds. The summed E-state index contributed by atoms with van der Waals surface area (Å²) in [6, 6.07) is 14.1. The summed E-state index contributed by atoms with van der Waals surface area (Å²) in [6.45, 7) is 1.77. The second kappa shape index (κ2) is 7.21. The van der Waals surface area contributed by atoms with Gasteiger partial charge in [-0.3, -0.25) is 4.98 Å². The Morgan fingerprint density at radius 1 is 0.966 bits per heavy atom. The average molecular weight is 430 g/mol. The molecule has 3 aromatic carbocycles. The molecule has 0 fully saturated rings. The third kappa shape index (κ3) is 3.39. The van der Waals surface area contributed by atoms with Crippen LogP contribution in [-0.4, -0.2) is 13.4 Å². The molecule has 4 rings (SSSR count). The summed E-state index contributed by atoms with van der Waals surface area (Å²) in [5.74, 6) is -1.04. The Kier molecular flexibility index (Phi) is 4.84. The molecule has 146 valence electrons. The van der Waals surface area contributed by atoms with Crippen LogP contribution in [0.5, 0.6) is 0 Å². The maximum atomic E-state index is 14.3. The maximum absolute atomic E-state index is 14.3. The number of pyridine rings is 1. The maximum Gasteiger partial charge on any atom is 0.208 e. The van der Waals surface area contributed by atoms with E-state index in [9.17, 15) is 17.2 Å². The monoisotopic (exact) mass is 429 g/mol. The standard InChI is InChI=1S/C22H14ClF2NO2S/c1-13-5-10-16(11-18(13)23)29(27,28)20-12-26-22-17(3-2-4-19(22)25)21(20)14-6-8-15(24)9-7-14/h2-12H,1H3. The number of halogens is 3. The molecular weight excluding hydrogens is 416 g/mol. The molecule has 1 aromatic heterocycles. The van der Waals surface area contributed by atoms with Crippen LogP contribution in [0.3, 0.4) is 0 Å². The fourth-order valence-electron chi connectivity index (χ4n) is 3.15. The largest absolute Gasteiger partial charge is 0.252 e. The quantitative estimate of drug-likeness (QED) is 0.402. The molecule has 0 spiro atoms. The van der Waals surface area contributed by atoms with Crippen molar-refractivity contribution in [2.75, 3.05) is 0 Å². The molecule has 3 nitrogen and oxygen atoms in total. The number of benzene rings is 3. The van der Waals surface area contributed by atoms with Gasteiger partial charge in [-0.2, -0.15) is 0 Å². The van der Waals surface area contributed by atoms with Crippen LogP contribution < -0.4 is 0 Å². The molecule has 0 radical (unpaired) electrons. The van der Waals surface area contributed by atoms with Gasteiger partial charge >= 0.3 is 0 Å². The Hall–Kier alpha value is -2.83. The van der Waals surface area contributed by atoms with E-state index in [0.717, 1.165) is 11.8 Å². The van der Waals surface area contributed by atoms with E-state index in [1.165, 1.54) is 48.5 Å². The predicted molar refractivity (Wildman–Crippen MR) is 109 cm³/mol. The van der Waals surface area contributed by atoms with Gasteiger partial charge in [-0.05, 0) is 48.4 Å². The minimum atomic E-state index is -4.03. The van der Waals surface area contributed by atoms with E-state index in [0.29, 0.717) is 16.0 Å². The predicted octanol–water partition coefficient (Wildman–Crippen LogP) is 5.97. The lowest BCUT2D eigenvalue weighted by molar-refractivity contribution is 0.596. The van der Waals surface area contributed by atoms with Crippen molar-refractivity contribution in [3.63, 3.8) is 0 Å². The number of nitrogens with zero attached hydrogens (tertiary/aromatic N) is 1. The Bertz CT molecular complexity index is 1350. The number of hydrogen-bond donors (Lipinski definition) is 0. The van der Waals surface area contributed by atoms with Crippen molar-refractivity contribution in [1.82, 2.24) is 4.98 Å². The minimum absolute atomic E-state index is 0.00554. The summed E-state index contributed by atoms with van der Waals surface area (Å²) < 4.78 is 54.6. The van der Waals surface area contributed by atoms with E-state index in [1.54, 1.807) is 19.1 Å². The molecule has 0 saturated carbocycles. The summed E-state index contributed by atoms with van der Waals surface area (Å²) in [5, 5.41) is 0.630. The van der Waals surface area contributed by atoms with Crippen molar-refractivity contribution in [3.8, 4) is 11.1 Å². The molecule has 29 heavy (non-hydrogen) atoms. The Morgan fingerprint density at radius 2 is 1.69 bits per heavy atom. The zero-order chi connectivity index (χ0) is 20.8. The van der Waals surface area contributed by atoms with Crippen molar-refractivity contribution in [2.45, 2.75) is 16.7 Å². The van der Waals surface area contributed by atoms with E-state index < -0.39 is 21.5 Å². The van der Waals surface area contributed by atoms with Crippen LogP contribution in [0, 0.1) is 18.6 Å². The molecule has 0 aliphatic heterocycles. The van der Waals surface area contributed by atoms with E-state index in [1.807, 2.05) is 0 Å². The van der Waals surface area contributed by atoms with Crippen molar-refractivity contribution in [1.29, 1.82) is 0 Å². The highest BCUT2D eigenvalue weighted by Crippen LogP contribution is 2.37. The number of fused-ring (bicyclic) bond motifs is 1. The topological polar surface area (TPSA) is 47.0 Å². The normalized spacial score (nSPS) is 11.7. The van der Waals surface area contributed by atoms with Crippen molar-refractivity contribution in [3.05, 3.63) is 89.1 Å². The SMILES string of the molecule is Cc1ccc(S(=O)(=O)c2cnc3c(F)cccc3c2-c2ccc(F)cc2)cc1Cl. The molecule has 0 aliphatic rings. The molecule has 0 N–H and O–H groups in total. The summed E-state index contributed by atoms with van der Waals surface area (Å²) >= 11 is 6.13. The number of aromatic nitrogens is 1. The highest BCUT2D eigenvalue weighted by molar-refractivity contribution is 7.91. The van der Waals surface area contributed by atoms with Crippen molar-refractivity contribution >= 4 is 32.3 Å². The fraction of sp³-hybridized carbons (Fsp3) is 0.0455. The molecule has 0 bridgehead atoms. The van der Waals surface area contributed by atoms with E-state index in [4.69, 9.17) is 11.6 Å². The van der Waals surface area contributed by atoms with E-state index >= 15 is 0 Å². The second-order valence-electron chi connectivity index (χ2n) is 6.55. The van der Waals surface area contributed by atoms with Crippen LogP contribution in [0.2, 0.25) is 5.02 Å². The first-order chi connectivity index (χ1) is 13.8. The lowest BCUT2D eigenvalue weighted by Gasteiger charge is -2.14. The lowest BCUT2D eigenvalue weighted by atomic mass is 10.0. The molecule has 7 heteroatoms. The highest BCUT2D eigenvalue weighted by Gasteiger charge is 2.25. The lowest BCUT2D eigenvalue weighted by Crippen LogP contribution is -2.06. The molecule has 0 aliphatic carbocycles. The first kappa shape index (κ1) is 19.5. The fourth-order valence-corrected chi connectivity index (χ4v) is 4.86. The van der Waals surface area contributed by atoms with Gasteiger partial charge in [-0.25, -0.2) is 17.2 Å². The van der Waals surface area contributed by atoms with Gasteiger partial charge in [0.2, 0.25) is 9.84 Å². The Morgan fingerprint density at radius 3 is 2.38 bits per heavy atom. The first-order valence-corrected chi connectivity index (χ1v) is 10.5. The molecule has 0 unspecified atom stereocenters. The number of sulfone groups is 1. The smallest absolute Gasteiger partial charge is 0.208 e. The molecule has 1 heterocycles. The van der Waals surface area contributed by atoms with Crippen LogP contribution in [0.4, 0.5) is 8.78 Å². The van der Waals surface area contributed by atoms with Crippen LogP contribution in [0.15, 0.2) is 76.7 Å².